The molecule has 0 saturated carbocycles. The molecule has 1 atom stereocenters. The predicted octanol–water partition coefficient (Wildman–Crippen LogP) is 2.26. The van der Waals surface area contributed by atoms with Crippen LogP contribution >= 0.6 is 0 Å². The molecule has 0 bridgehead atoms. The van der Waals surface area contributed by atoms with E-state index in [2.05, 4.69) is 0 Å². The molecule has 1 aliphatic carbocycles. The second kappa shape index (κ2) is 5.16. The van der Waals surface area contributed by atoms with Crippen LogP contribution in [0, 0.1) is 16.0 Å². The van der Waals surface area contributed by atoms with Crippen LogP contribution in [0.25, 0.3) is 0 Å². The number of hydrogen-bond donors (Lipinski definition) is 0. The van der Waals surface area contributed by atoms with Gasteiger partial charge in [0.05, 0.1) is 11.5 Å². The maximum absolute atomic E-state index is 10.9. The monoisotopic (exact) mass is 249 g/mol. The first-order valence-corrected chi connectivity index (χ1v) is 5.96. The van der Waals surface area contributed by atoms with Gasteiger partial charge in [0.1, 0.15) is 0 Å². The predicted molar refractivity (Wildman–Crippen MR) is 65.2 cm³/mol. The lowest BCUT2D eigenvalue weighted by atomic mass is 10.0. The fraction of sp³-hybridized carbons (Fsp3) is 0.462. The molecule has 1 aromatic carbocycles. The van der Waals surface area contributed by atoms with Crippen LogP contribution in [-0.2, 0) is 22.4 Å². The standard InChI is InChI=1S/C13H15NO4/c1-9(15)18-6-5-10-7-11-3-2-4-13(14(16)17)12(11)8-10/h2-4,10H,5-8H2,1H3. The Bertz CT molecular complexity index is 484. The minimum atomic E-state index is -0.326. The van der Waals surface area contributed by atoms with E-state index in [9.17, 15) is 14.9 Å². The Labute approximate surface area is 105 Å². The highest BCUT2D eigenvalue weighted by atomic mass is 16.6. The summed E-state index contributed by atoms with van der Waals surface area (Å²) in [5.41, 5.74) is 2.11. The van der Waals surface area contributed by atoms with Gasteiger partial charge in [0.25, 0.3) is 5.69 Å². The number of nitro groups is 1. The van der Waals surface area contributed by atoms with Crippen molar-refractivity contribution in [2.45, 2.75) is 26.2 Å². The summed E-state index contributed by atoms with van der Waals surface area (Å²) >= 11 is 0. The van der Waals surface area contributed by atoms with Crippen molar-refractivity contribution in [3.63, 3.8) is 0 Å². The minimum absolute atomic E-state index is 0.211. The molecule has 0 radical (unpaired) electrons. The highest BCUT2D eigenvalue weighted by Crippen LogP contribution is 2.34. The van der Waals surface area contributed by atoms with Crippen LogP contribution in [0.5, 0.6) is 0 Å². The minimum Gasteiger partial charge on any atom is -0.466 e. The van der Waals surface area contributed by atoms with E-state index in [0.717, 1.165) is 24.0 Å². The van der Waals surface area contributed by atoms with Crippen molar-refractivity contribution in [1.29, 1.82) is 0 Å². The van der Waals surface area contributed by atoms with Gasteiger partial charge in [0.15, 0.2) is 0 Å². The SMILES string of the molecule is CC(=O)OCCC1Cc2cccc([N+](=O)[O-])c2C1. The summed E-state index contributed by atoms with van der Waals surface area (Å²) in [5, 5.41) is 10.9. The normalized spacial score (nSPS) is 17.3. The highest BCUT2D eigenvalue weighted by molar-refractivity contribution is 5.65. The molecule has 18 heavy (non-hydrogen) atoms. The molecular formula is C13H15NO4. The van der Waals surface area contributed by atoms with Crippen LogP contribution in [0.3, 0.4) is 0 Å². The zero-order chi connectivity index (χ0) is 13.1. The number of fused-ring (bicyclic) bond motifs is 1. The molecule has 0 amide bonds. The van der Waals surface area contributed by atoms with Crippen molar-refractivity contribution in [3.8, 4) is 0 Å². The van der Waals surface area contributed by atoms with Crippen LogP contribution in [-0.4, -0.2) is 17.5 Å². The van der Waals surface area contributed by atoms with E-state index in [-0.39, 0.29) is 16.6 Å². The summed E-state index contributed by atoms with van der Waals surface area (Å²) in [7, 11) is 0. The number of carbonyl (C=O) groups excluding carboxylic acids is 1. The molecule has 1 unspecified atom stereocenters. The Kier molecular flexibility index (Phi) is 3.60. The third-order valence-electron chi connectivity index (χ3n) is 3.28. The zero-order valence-corrected chi connectivity index (χ0v) is 10.2. The summed E-state index contributed by atoms with van der Waals surface area (Å²) in [4.78, 5) is 21.2. The van der Waals surface area contributed by atoms with Gasteiger partial charge >= 0.3 is 5.97 Å². The fourth-order valence-corrected chi connectivity index (χ4v) is 2.46. The Hall–Kier alpha value is -1.91. The van der Waals surface area contributed by atoms with Gasteiger partial charge in [0.2, 0.25) is 0 Å². The fourth-order valence-electron chi connectivity index (χ4n) is 2.46. The molecule has 1 aromatic rings. The average molecular weight is 249 g/mol. The average Bonchev–Trinajstić information content (AvgIpc) is 2.70. The second-order valence-electron chi connectivity index (χ2n) is 4.57. The maximum Gasteiger partial charge on any atom is 0.302 e. The molecule has 0 N–H and O–H groups in total. The molecule has 0 saturated heterocycles. The van der Waals surface area contributed by atoms with Crippen molar-refractivity contribution in [1.82, 2.24) is 0 Å². The number of nitro benzene ring substituents is 1. The summed E-state index contributed by atoms with van der Waals surface area (Å²) in [6.45, 7) is 1.77. The van der Waals surface area contributed by atoms with Gasteiger partial charge in [-0.1, -0.05) is 12.1 Å². The lowest BCUT2D eigenvalue weighted by molar-refractivity contribution is -0.385. The van der Waals surface area contributed by atoms with E-state index in [1.807, 2.05) is 6.07 Å². The molecule has 96 valence electrons. The Balaban J connectivity index is 2.01. The molecule has 1 aliphatic rings. The Morgan fingerprint density at radius 1 is 1.50 bits per heavy atom. The van der Waals surface area contributed by atoms with Gasteiger partial charge in [-0.15, -0.1) is 0 Å². The van der Waals surface area contributed by atoms with E-state index in [1.54, 1.807) is 12.1 Å². The van der Waals surface area contributed by atoms with E-state index in [4.69, 9.17) is 4.74 Å². The smallest absolute Gasteiger partial charge is 0.302 e. The first-order chi connectivity index (χ1) is 8.58. The van der Waals surface area contributed by atoms with E-state index in [1.165, 1.54) is 6.92 Å². The van der Waals surface area contributed by atoms with Crippen molar-refractivity contribution in [2.75, 3.05) is 6.61 Å². The van der Waals surface area contributed by atoms with Crippen LogP contribution in [0.4, 0.5) is 5.69 Å². The molecule has 0 fully saturated rings. The molecular weight excluding hydrogens is 234 g/mol. The van der Waals surface area contributed by atoms with Crippen LogP contribution in [0.15, 0.2) is 18.2 Å². The van der Waals surface area contributed by atoms with Crippen molar-refractivity contribution in [2.24, 2.45) is 5.92 Å². The number of rotatable bonds is 4. The number of benzene rings is 1. The molecule has 5 nitrogen and oxygen atoms in total. The number of hydrogen-bond acceptors (Lipinski definition) is 4. The van der Waals surface area contributed by atoms with Crippen molar-refractivity contribution >= 4 is 11.7 Å². The van der Waals surface area contributed by atoms with Crippen LogP contribution in [0.1, 0.15) is 24.5 Å². The number of esters is 1. The van der Waals surface area contributed by atoms with Gasteiger partial charge in [-0.3, -0.25) is 14.9 Å². The third kappa shape index (κ3) is 2.67. The van der Waals surface area contributed by atoms with E-state index >= 15 is 0 Å². The molecule has 2 rings (SSSR count). The lowest BCUT2D eigenvalue weighted by Crippen LogP contribution is -2.07. The van der Waals surface area contributed by atoms with Gasteiger partial charge in [-0.05, 0) is 30.7 Å². The lowest BCUT2D eigenvalue weighted by Gasteiger charge is -2.07. The molecule has 0 spiro atoms. The molecule has 0 aliphatic heterocycles. The number of ether oxygens (including phenoxy) is 1. The summed E-state index contributed by atoms with van der Waals surface area (Å²) in [6, 6.07) is 5.22. The summed E-state index contributed by atoms with van der Waals surface area (Å²) < 4.78 is 4.91. The Morgan fingerprint density at radius 2 is 2.28 bits per heavy atom. The summed E-state index contributed by atoms with van der Waals surface area (Å²) in [5.74, 6) is 0.0527. The number of nitrogens with zero attached hydrogens (tertiary/aromatic N) is 1. The van der Waals surface area contributed by atoms with Gasteiger partial charge in [-0.2, -0.15) is 0 Å². The van der Waals surface area contributed by atoms with Crippen molar-refractivity contribution in [3.05, 3.63) is 39.4 Å². The van der Waals surface area contributed by atoms with Crippen LogP contribution in [0.2, 0.25) is 0 Å². The first kappa shape index (κ1) is 12.5. The second-order valence-corrected chi connectivity index (χ2v) is 4.57. The third-order valence-corrected chi connectivity index (χ3v) is 3.28. The summed E-state index contributed by atoms with van der Waals surface area (Å²) in [6.07, 6.45) is 2.29. The van der Waals surface area contributed by atoms with E-state index < -0.39 is 0 Å². The maximum atomic E-state index is 10.9. The molecule has 5 heteroatoms. The van der Waals surface area contributed by atoms with Gasteiger partial charge < -0.3 is 4.74 Å². The van der Waals surface area contributed by atoms with Crippen LogP contribution < -0.4 is 0 Å². The Morgan fingerprint density at radius 3 is 2.94 bits per heavy atom. The quantitative estimate of drug-likeness (QED) is 0.466. The number of carbonyl (C=O) groups is 1. The molecule has 0 heterocycles. The zero-order valence-electron chi connectivity index (χ0n) is 10.2. The first-order valence-electron chi connectivity index (χ1n) is 5.96. The van der Waals surface area contributed by atoms with Gasteiger partial charge in [-0.25, -0.2) is 0 Å². The van der Waals surface area contributed by atoms with Gasteiger partial charge in [0, 0.05) is 18.6 Å². The van der Waals surface area contributed by atoms with Crippen molar-refractivity contribution < 1.29 is 14.5 Å². The largest absolute Gasteiger partial charge is 0.466 e. The topological polar surface area (TPSA) is 69.4 Å². The van der Waals surface area contributed by atoms with E-state index in [0.29, 0.717) is 18.9 Å². The molecule has 0 aromatic heterocycles. The highest BCUT2D eigenvalue weighted by Gasteiger charge is 2.27.